The third-order valence-electron chi connectivity index (χ3n) is 7.27. The number of amides is 3. The van der Waals surface area contributed by atoms with E-state index in [1.165, 1.54) is 32.1 Å². The van der Waals surface area contributed by atoms with E-state index in [-0.39, 0.29) is 38.4 Å². The van der Waals surface area contributed by atoms with E-state index in [2.05, 4.69) is 5.32 Å². The van der Waals surface area contributed by atoms with E-state index < -0.39 is 35.9 Å². The number of hydrogen-bond donors (Lipinski definition) is 1. The molecule has 2 fully saturated rings. The van der Waals surface area contributed by atoms with Gasteiger partial charge in [-0.15, -0.1) is 0 Å². The van der Waals surface area contributed by atoms with Crippen LogP contribution in [0.15, 0.2) is 30.3 Å². The van der Waals surface area contributed by atoms with Crippen molar-refractivity contribution in [1.29, 1.82) is 0 Å². The molecule has 1 atom stereocenters. The lowest BCUT2D eigenvalue weighted by Crippen LogP contribution is -2.56. The van der Waals surface area contributed by atoms with Gasteiger partial charge in [0.1, 0.15) is 11.6 Å². The van der Waals surface area contributed by atoms with Crippen molar-refractivity contribution in [1.82, 2.24) is 15.1 Å². The van der Waals surface area contributed by atoms with Gasteiger partial charge >= 0.3 is 18.2 Å². The number of carbonyl (C=O) groups excluding carboxylic acids is 3. The van der Waals surface area contributed by atoms with Crippen molar-refractivity contribution < 1.29 is 32.3 Å². The van der Waals surface area contributed by atoms with Crippen molar-refractivity contribution in [2.24, 2.45) is 5.92 Å². The van der Waals surface area contributed by atoms with Gasteiger partial charge in [0, 0.05) is 31.4 Å². The normalized spacial score (nSPS) is 18.2. The molecule has 1 saturated carbocycles. The summed E-state index contributed by atoms with van der Waals surface area (Å²) in [7, 11) is 0. The van der Waals surface area contributed by atoms with Crippen LogP contribution in [-0.4, -0.2) is 76.2 Å². The second-order valence-corrected chi connectivity index (χ2v) is 12.8. The molecule has 0 aromatic heterocycles. The fourth-order valence-corrected chi connectivity index (χ4v) is 6.52. The Labute approximate surface area is 239 Å². The maximum atomic E-state index is 13.5. The molecule has 40 heavy (non-hydrogen) atoms. The third-order valence-corrected chi connectivity index (χ3v) is 8.54. The molecule has 1 aliphatic heterocycles. The molecule has 2 aliphatic rings. The molecule has 1 aromatic rings. The van der Waals surface area contributed by atoms with Crippen molar-refractivity contribution in [3.63, 3.8) is 0 Å². The molecular weight excluding hydrogens is 543 g/mol. The summed E-state index contributed by atoms with van der Waals surface area (Å²) >= 11 is 1.64. The quantitative estimate of drug-likeness (QED) is 0.398. The monoisotopic (exact) mass is 585 g/mol. The summed E-state index contributed by atoms with van der Waals surface area (Å²) in [5.74, 6) is -0.243. The van der Waals surface area contributed by atoms with E-state index in [4.69, 9.17) is 4.74 Å². The van der Waals surface area contributed by atoms with Crippen LogP contribution in [0.4, 0.5) is 18.0 Å². The number of halogens is 3. The summed E-state index contributed by atoms with van der Waals surface area (Å²) in [6, 6.07) is 7.11. The predicted molar refractivity (Wildman–Crippen MR) is 150 cm³/mol. The molecule has 0 bridgehead atoms. The average molecular weight is 586 g/mol. The first-order chi connectivity index (χ1) is 18.8. The van der Waals surface area contributed by atoms with Gasteiger partial charge in [0.05, 0.1) is 0 Å². The van der Waals surface area contributed by atoms with Gasteiger partial charge in [0.2, 0.25) is 5.91 Å². The summed E-state index contributed by atoms with van der Waals surface area (Å²) in [6.45, 7) is 5.47. The molecule has 1 heterocycles. The number of hydrogen-bond acceptors (Lipinski definition) is 5. The molecule has 0 unspecified atom stereocenters. The van der Waals surface area contributed by atoms with Crippen molar-refractivity contribution in [3.05, 3.63) is 35.9 Å². The second-order valence-electron chi connectivity index (χ2n) is 11.7. The van der Waals surface area contributed by atoms with Gasteiger partial charge < -0.3 is 19.9 Å². The molecule has 11 heteroatoms. The maximum Gasteiger partial charge on any atom is 0.471 e. The largest absolute Gasteiger partial charge is 0.471 e. The van der Waals surface area contributed by atoms with Gasteiger partial charge in [0.15, 0.2) is 0 Å². The van der Waals surface area contributed by atoms with Gasteiger partial charge in [-0.05, 0) is 63.7 Å². The number of alkyl carbamates (subject to hydrolysis) is 1. The highest BCUT2D eigenvalue weighted by Crippen LogP contribution is 2.28. The first-order valence-corrected chi connectivity index (χ1v) is 15.3. The van der Waals surface area contributed by atoms with Crippen LogP contribution in [0.1, 0.15) is 71.3 Å². The van der Waals surface area contributed by atoms with E-state index >= 15 is 0 Å². The lowest BCUT2D eigenvalue weighted by Gasteiger charge is -2.39. The topological polar surface area (TPSA) is 79.0 Å². The molecule has 1 saturated heterocycles. The summed E-state index contributed by atoms with van der Waals surface area (Å²) in [5.41, 5.74) is -0.117. The van der Waals surface area contributed by atoms with Crippen LogP contribution in [0.25, 0.3) is 0 Å². The molecule has 3 rings (SSSR count). The zero-order valence-electron chi connectivity index (χ0n) is 23.7. The Morgan fingerprint density at radius 3 is 2.23 bits per heavy atom. The van der Waals surface area contributed by atoms with Crippen LogP contribution in [0.2, 0.25) is 0 Å². The Kier molecular flexibility index (Phi) is 11.6. The summed E-state index contributed by atoms with van der Waals surface area (Å²) in [4.78, 5) is 40.9. The van der Waals surface area contributed by atoms with Crippen LogP contribution < -0.4 is 5.32 Å². The van der Waals surface area contributed by atoms with Gasteiger partial charge in [-0.1, -0.05) is 49.6 Å². The smallest absolute Gasteiger partial charge is 0.444 e. The number of ether oxygens (including phenoxy) is 1. The van der Waals surface area contributed by atoms with Crippen LogP contribution in [0.3, 0.4) is 0 Å². The number of thioether (sulfide) groups is 1. The lowest BCUT2D eigenvalue weighted by atomic mass is 9.91. The maximum absolute atomic E-state index is 13.5. The van der Waals surface area contributed by atoms with Crippen LogP contribution in [0, 0.1) is 5.92 Å². The second kappa shape index (κ2) is 14.5. The lowest BCUT2D eigenvalue weighted by molar-refractivity contribution is -0.189. The number of rotatable bonds is 9. The number of benzene rings is 1. The number of nitrogens with one attached hydrogen (secondary N) is 1. The molecule has 1 N–H and O–H groups in total. The highest BCUT2D eigenvalue weighted by atomic mass is 32.2. The Morgan fingerprint density at radius 1 is 1.02 bits per heavy atom. The first-order valence-electron chi connectivity index (χ1n) is 14.1. The molecule has 3 amide bonds. The number of likely N-dealkylation sites (tertiary alicyclic amines) is 1. The number of alkyl halides is 3. The van der Waals surface area contributed by atoms with Gasteiger partial charge in [-0.3, -0.25) is 9.59 Å². The third kappa shape index (κ3) is 10.2. The Bertz CT molecular complexity index is 973. The van der Waals surface area contributed by atoms with E-state index in [0.29, 0.717) is 17.2 Å². The summed E-state index contributed by atoms with van der Waals surface area (Å²) in [5, 5.41) is 2.73. The number of nitrogens with zero attached hydrogens (tertiary/aromatic N) is 2. The standard InChI is InChI=1S/C29H42F3N3O4S/c1-28(2,3)39-27(38)33-24(20-40-19-22-12-8-5-9-13-22)25(36)34-16-14-23(15-17-34)35(26(37)29(30,31)32)18-21-10-6-4-7-11-21/h4,6-7,10-11,22-24H,5,8-9,12-20H2,1-3H3,(H,33,38)/t24-/m0/s1. The van der Waals surface area contributed by atoms with Crippen molar-refractivity contribution in [2.75, 3.05) is 24.6 Å². The van der Waals surface area contributed by atoms with E-state index in [0.717, 1.165) is 10.7 Å². The average Bonchev–Trinajstić information content (AvgIpc) is 2.90. The Hall–Kier alpha value is -2.43. The minimum Gasteiger partial charge on any atom is -0.444 e. The zero-order chi connectivity index (χ0) is 29.3. The minimum absolute atomic E-state index is 0.154. The fourth-order valence-electron chi connectivity index (χ4n) is 5.26. The Morgan fingerprint density at radius 2 is 1.65 bits per heavy atom. The van der Waals surface area contributed by atoms with Crippen LogP contribution in [0.5, 0.6) is 0 Å². The molecule has 0 spiro atoms. The molecule has 1 aliphatic carbocycles. The number of piperidine rings is 1. The highest BCUT2D eigenvalue weighted by molar-refractivity contribution is 7.99. The van der Waals surface area contributed by atoms with E-state index in [1.54, 1.807) is 67.8 Å². The van der Waals surface area contributed by atoms with Crippen LogP contribution >= 0.6 is 11.8 Å². The highest BCUT2D eigenvalue weighted by Gasteiger charge is 2.45. The van der Waals surface area contributed by atoms with E-state index in [9.17, 15) is 27.6 Å². The first kappa shape index (κ1) is 32.1. The predicted octanol–water partition coefficient (Wildman–Crippen LogP) is 5.78. The van der Waals surface area contributed by atoms with Gasteiger partial charge in [-0.2, -0.15) is 24.9 Å². The minimum atomic E-state index is -4.99. The van der Waals surface area contributed by atoms with Crippen molar-refractivity contribution in [2.45, 2.75) is 96.1 Å². The SMILES string of the molecule is CC(C)(C)OC(=O)N[C@@H](CSCC1CCCCC1)C(=O)N1CCC(N(Cc2ccccc2)C(=O)C(F)(F)F)CC1. The van der Waals surface area contributed by atoms with Gasteiger partial charge in [0.25, 0.3) is 0 Å². The summed E-state index contributed by atoms with van der Waals surface area (Å²) in [6.07, 6.45) is 0.819. The fraction of sp³-hybridized carbons (Fsp3) is 0.690. The molecule has 224 valence electrons. The number of carbonyl (C=O) groups is 3. The molecule has 1 aromatic carbocycles. The Balaban J connectivity index is 1.64. The molecule has 7 nitrogen and oxygen atoms in total. The molecule has 0 radical (unpaired) electrons. The van der Waals surface area contributed by atoms with Crippen molar-refractivity contribution >= 4 is 29.7 Å². The molecular formula is C29H42F3N3O4S. The van der Waals surface area contributed by atoms with E-state index in [1.807, 2.05) is 0 Å². The zero-order valence-corrected chi connectivity index (χ0v) is 24.5. The van der Waals surface area contributed by atoms with Gasteiger partial charge in [-0.25, -0.2) is 4.79 Å². The van der Waals surface area contributed by atoms with Crippen molar-refractivity contribution in [3.8, 4) is 0 Å². The van der Waals surface area contributed by atoms with Crippen LogP contribution in [-0.2, 0) is 20.9 Å². The summed E-state index contributed by atoms with van der Waals surface area (Å²) < 4.78 is 45.7.